The largest absolute Gasteiger partial charge is 0.294 e. The van der Waals surface area contributed by atoms with Crippen LogP contribution in [0.1, 0.15) is 30.1 Å². The molecule has 2 aromatic carbocycles. The summed E-state index contributed by atoms with van der Waals surface area (Å²) in [5.41, 5.74) is 0.305. The van der Waals surface area contributed by atoms with Crippen molar-refractivity contribution >= 4 is 56.8 Å². The highest BCUT2D eigenvalue weighted by atomic mass is 127. The molecule has 1 saturated heterocycles. The van der Waals surface area contributed by atoms with E-state index in [0.29, 0.717) is 12.0 Å². The summed E-state index contributed by atoms with van der Waals surface area (Å²) in [4.78, 5) is 38.5. The van der Waals surface area contributed by atoms with Crippen LogP contribution in [0.4, 0.5) is 5.69 Å². The Hall–Kier alpha value is -1.96. The average molecular weight is 420 g/mol. The molecule has 1 atom stereocenters. The molecule has 116 valence electrons. The topological polar surface area (TPSA) is 66.5 Å². The highest BCUT2D eigenvalue weighted by Crippen LogP contribution is 2.44. The number of nitrogens with zero attached hydrogens (tertiary/aromatic N) is 1. The maximum Gasteiger partial charge on any atom is 0.259 e. The van der Waals surface area contributed by atoms with Gasteiger partial charge in [-0.05, 0) is 59.5 Å². The molecule has 2 aliphatic rings. The number of amides is 3. The Labute approximate surface area is 146 Å². The molecular formula is C17H13IN2O3. The van der Waals surface area contributed by atoms with Crippen LogP contribution < -0.4 is 10.2 Å². The molecule has 0 spiro atoms. The van der Waals surface area contributed by atoms with Gasteiger partial charge in [-0.3, -0.25) is 24.6 Å². The highest BCUT2D eigenvalue weighted by Gasteiger charge is 2.49. The van der Waals surface area contributed by atoms with Gasteiger partial charge in [0.2, 0.25) is 5.91 Å². The van der Waals surface area contributed by atoms with Crippen LogP contribution in [-0.2, 0) is 9.59 Å². The third-order valence-electron chi connectivity index (χ3n) is 4.71. The van der Waals surface area contributed by atoms with E-state index in [9.17, 15) is 14.4 Å². The Bertz CT molecular complexity index is 908. The van der Waals surface area contributed by atoms with E-state index in [1.54, 1.807) is 17.9 Å². The van der Waals surface area contributed by atoms with Crippen LogP contribution in [0.25, 0.3) is 10.8 Å². The van der Waals surface area contributed by atoms with E-state index in [0.717, 1.165) is 20.0 Å². The predicted octanol–water partition coefficient (Wildman–Crippen LogP) is 2.60. The van der Waals surface area contributed by atoms with E-state index < -0.39 is 11.4 Å². The summed E-state index contributed by atoms with van der Waals surface area (Å²) in [5.74, 6) is -0.884. The van der Waals surface area contributed by atoms with Gasteiger partial charge in [-0.2, -0.15) is 0 Å². The smallest absolute Gasteiger partial charge is 0.259 e. The summed E-state index contributed by atoms with van der Waals surface area (Å²) >= 11 is 2.24. The molecule has 0 saturated carbocycles. The quantitative estimate of drug-likeness (QED) is 0.570. The number of piperidine rings is 1. The third kappa shape index (κ3) is 1.87. The van der Waals surface area contributed by atoms with Gasteiger partial charge in [-0.1, -0.05) is 12.1 Å². The minimum atomic E-state index is -1.05. The Kier molecular flexibility index (Phi) is 3.03. The zero-order chi connectivity index (χ0) is 16.4. The molecule has 0 aromatic heterocycles. The number of rotatable bonds is 1. The van der Waals surface area contributed by atoms with Crippen molar-refractivity contribution in [2.75, 3.05) is 4.90 Å². The first kappa shape index (κ1) is 14.6. The van der Waals surface area contributed by atoms with E-state index in [2.05, 4.69) is 27.9 Å². The van der Waals surface area contributed by atoms with Gasteiger partial charge < -0.3 is 0 Å². The van der Waals surface area contributed by atoms with Crippen molar-refractivity contribution in [3.8, 4) is 0 Å². The van der Waals surface area contributed by atoms with Crippen molar-refractivity contribution in [3.63, 3.8) is 0 Å². The van der Waals surface area contributed by atoms with Crippen LogP contribution in [0, 0.1) is 3.57 Å². The zero-order valence-electron chi connectivity index (χ0n) is 12.4. The molecule has 0 unspecified atom stereocenters. The summed E-state index contributed by atoms with van der Waals surface area (Å²) in [5, 5.41) is 4.26. The van der Waals surface area contributed by atoms with Crippen LogP contribution in [0.3, 0.4) is 0 Å². The van der Waals surface area contributed by atoms with Crippen LogP contribution in [0.5, 0.6) is 0 Å². The fraction of sp³-hybridized carbons (Fsp3) is 0.235. The van der Waals surface area contributed by atoms with Crippen molar-refractivity contribution < 1.29 is 14.4 Å². The SMILES string of the molecule is C[C@@]1(N2C(=O)c3cccc4c(I)ccc2c34)CCC(=O)NC1=O. The van der Waals surface area contributed by atoms with Crippen molar-refractivity contribution in [1.29, 1.82) is 0 Å². The normalized spacial score (nSPS) is 23.6. The lowest BCUT2D eigenvalue weighted by atomic mass is 9.88. The molecule has 0 radical (unpaired) electrons. The second kappa shape index (κ2) is 4.77. The lowest BCUT2D eigenvalue weighted by Gasteiger charge is -2.40. The average Bonchev–Trinajstić information content (AvgIpc) is 2.82. The maximum atomic E-state index is 13.0. The van der Waals surface area contributed by atoms with Gasteiger partial charge >= 0.3 is 0 Å². The van der Waals surface area contributed by atoms with E-state index >= 15 is 0 Å². The standard InChI is InChI=1S/C17H13IN2O3/c1-17(8-7-13(21)19-16(17)23)20-12-6-5-11(18)9-3-2-4-10(14(9)12)15(20)22/h2-6H,7-8H2,1H3,(H,19,21,23)/t17-/m1/s1. The maximum absolute atomic E-state index is 13.0. The van der Waals surface area contributed by atoms with Gasteiger partial charge in [0.05, 0.1) is 5.69 Å². The van der Waals surface area contributed by atoms with E-state index in [4.69, 9.17) is 0 Å². The number of hydrogen-bond donors (Lipinski definition) is 1. The number of hydrogen-bond acceptors (Lipinski definition) is 3. The lowest BCUT2D eigenvalue weighted by Crippen LogP contribution is -2.62. The highest BCUT2D eigenvalue weighted by molar-refractivity contribution is 14.1. The second-order valence-electron chi connectivity index (χ2n) is 6.09. The van der Waals surface area contributed by atoms with Crippen molar-refractivity contribution in [3.05, 3.63) is 39.5 Å². The Morgan fingerprint density at radius 3 is 2.70 bits per heavy atom. The van der Waals surface area contributed by atoms with E-state index in [1.165, 1.54) is 0 Å². The first-order valence-corrected chi connectivity index (χ1v) is 8.41. The van der Waals surface area contributed by atoms with Crippen LogP contribution in [0.15, 0.2) is 30.3 Å². The summed E-state index contributed by atoms with van der Waals surface area (Å²) in [6.07, 6.45) is 0.556. The molecular weight excluding hydrogens is 407 g/mol. The minimum absolute atomic E-state index is 0.181. The molecule has 1 fully saturated rings. The molecule has 5 nitrogen and oxygen atoms in total. The monoisotopic (exact) mass is 420 g/mol. The number of carbonyl (C=O) groups excluding carboxylic acids is 3. The minimum Gasteiger partial charge on any atom is -0.294 e. The molecule has 0 bridgehead atoms. The van der Waals surface area contributed by atoms with Gasteiger partial charge in [0.25, 0.3) is 11.8 Å². The van der Waals surface area contributed by atoms with Crippen LogP contribution in [0.2, 0.25) is 0 Å². The Morgan fingerprint density at radius 1 is 1.17 bits per heavy atom. The number of halogens is 1. The molecule has 2 aliphatic heterocycles. The van der Waals surface area contributed by atoms with E-state index in [1.807, 2.05) is 24.3 Å². The summed E-state index contributed by atoms with van der Waals surface area (Å²) in [6.45, 7) is 1.72. The molecule has 2 aromatic rings. The molecule has 3 amide bonds. The number of nitrogens with one attached hydrogen (secondary N) is 1. The summed E-state index contributed by atoms with van der Waals surface area (Å²) < 4.78 is 1.06. The van der Waals surface area contributed by atoms with Gasteiger partial charge in [-0.15, -0.1) is 0 Å². The molecule has 4 rings (SSSR count). The number of imide groups is 1. The first-order valence-electron chi connectivity index (χ1n) is 7.33. The number of benzene rings is 2. The van der Waals surface area contributed by atoms with Gasteiger partial charge in [-0.25, -0.2) is 0 Å². The van der Waals surface area contributed by atoms with E-state index in [-0.39, 0.29) is 18.2 Å². The second-order valence-corrected chi connectivity index (χ2v) is 7.25. The summed E-state index contributed by atoms with van der Waals surface area (Å²) in [7, 11) is 0. The van der Waals surface area contributed by atoms with Crippen molar-refractivity contribution in [2.24, 2.45) is 0 Å². The molecule has 2 heterocycles. The van der Waals surface area contributed by atoms with Gasteiger partial charge in [0.15, 0.2) is 0 Å². The van der Waals surface area contributed by atoms with Crippen molar-refractivity contribution in [1.82, 2.24) is 5.32 Å². The predicted molar refractivity (Wildman–Crippen MR) is 94.3 cm³/mol. The Morgan fingerprint density at radius 2 is 1.96 bits per heavy atom. The zero-order valence-corrected chi connectivity index (χ0v) is 14.5. The number of anilines is 1. The van der Waals surface area contributed by atoms with Crippen LogP contribution in [-0.4, -0.2) is 23.3 Å². The lowest BCUT2D eigenvalue weighted by molar-refractivity contribution is -0.137. The molecule has 1 N–H and O–H groups in total. The van der Waals surface area contributed by atoms with Gasteiger partial charge in [0.1, 0.15) is 5.54 Å². The molecule has 0 aliphatic carbocycles. The third-order valence-corrected chi connectivity index (χ3v) is 5.66. The molecule has 6 heteroatoms. The Balaban J connectivity index is 1.94. The van der Waals surface area contributed by atoms with Crippen molar-refractivity contribution in [2.45, 2.75) is 25.3 Å². The van der Waals surface area contributed by atoms with Crippen LogP contribution >= 0.6 is 22.6 Å². The molecule has 23 heavy (non-hydrogen) atoms. The summed E-state index contributed by atoms with van der Waals surface area (Å²) in [6, 6.07) is 9.46. The van der Waals surface area contributed by atoms with Gasteiger partial charge in [0, 0.05) is 20.9 Å². The fourth-order valence-corrected chi connectivity index (χ4v) is 4.07. The first-order chi connectivity index (χ1) is 10.9. The fourth-order valence-electron chi connectivity index (χ4n) is 3.44. The number of carbonyl (C=O) groups is 3.